The summed E-state index contributed by atoms with van der Waals surface area (Å²) in [5.74, 6) is 0.114. The van der Waals surface area contributed by atoms with Crippen molar-refractivity contribution < 1.29 is 9.53 Å². The lowest BCUT2D eigenvalue weighted by atomic mass is 10.2. The van der Waals surface area contributed by atoms with E-state index in [0.717, 1.165) is 6.42 Å². The largest absolute Gasteiger partial charge is 0.385 e. The predicted octanol–water partition coefficient (Wildman–Crippen LogP) is 0.813. The Morgan fingerprint density at radius 2 is 2.23 bits per heavy atom. The number of aromatic nitrogens is 5. The number of carbonyl (C=O) groups is 1. The molecule has 9 nitrogen and oxygen atoms in total. The van der Waals surface area contributed by atoms with E-state index in [1.807, 2.05) is 4.57 Å². The molecule has 0 aliphatic heterocycles. The van der Waals surface area contributed by atoms with Crippen LogP contribution in [0.25, 0.3) is 5.65 Å². The van der Waals surface area contributed by atoms with Crippen molar-refractivity contribution in [3.8, 4) is 0 Å². The maximum atomic E-state index is 12.5. The Kier molecular flexibility index (Phi) is 5.37. The third-order valence-corrected chi connectivity index (χ3v) is 3.99. The first kappa shape index (κ1) is 17.7. The number of hydrogen-bond acceptors (Lipinski definition) is 6. The second kappa shape index (κ2) is 7.87. The number of nitrogens with zero attached hydrogens (tertiary/aromatic N) is 5. The van der Waals surface area contributed by atoms with Gasteiger partial charge in [0.15, 0.2) is 5.82 Å². The van der Waals surface area contributed by atoms with Crippen LogP contribution in [-0.2, 0) is 11.3 Å². The van der Waals surface area contributed by atoms with E-state index in [9.17, 15) is 9.59 Å². The number of methoxy groups -OCH3 is 1. The van der Waals surface area contributed by atoms with Gasteiger partial charge in [-0.3, -0.25) is 14.0 Å². The van der Waals surface area contributed by atoms with Crippen LogP contribution >= 0.6 is 0 Å². The van der Waals surface area contributed by atoms with Crippen LogP contribution in [0.5, 0.6) is 0 Å². The van der Waals surface area contributed by atoms with Gasteiger partial charge < -0.3 is 14.6 Å². The minimum atomic E-state index is -0.500. The number of carbonyl (C=O) groups excluding carboxylic acids is 1. The van der Waals surface area contributed by atoms with Gasteiger partial charge in [0.25, 0.3) is 11.5 Å². The Morgan fingerprint density at radius 1 is 1.38 bits per heavy atom. The molecule has 26 heavy (non-hydrogen) atoms. The van der Waals surface area contributed by atoms with Gasteiger partial charge in [0.05, 0.1) is 6.04 Å². The van der Waals surface area contributed by atoms with Crippen LogP contribution in [-0.4, -0.2) is 43.8 Å². The number of hydrogen-bond donors (Lipinski definition) is 1. The van der Waals surface area contributed by atoms with Crippen molar-refractivity contribution in [2.45, 2.75) is 25.9 Å². The smallest absolute Gasteiger partial charge is 0.270 e. The van der Waals surface area contributed by atoms with Crippen LogP contribution in [0.15, 0.2) is 41.7 Å². The van der Waals surface area contributed by atoms with E-state index in [1.54, 1.807) is 44.8 Å². The highest BCUT2D eigenvalue weighted by atomic mass is 16.5. The molecule has 9 heteroatoms. The lowest BCUT2D eigenvalue weighted by Gasteiger charge is -2.14. The van der Waals surface area contributed by atoms with Crippen molar-refractivity contribution in [3.05, 3.63) is 58.7 Å². The normalized spacial score (nSPS) is 12.2. The summed E-state index contributed by atoms with van der Waals surface area (Å²) in [6.07, 6.45) is 5.29. The monoisotopic (exact) mass is 356 g/mol. The summed E-state index contributed by atoms with van der Waals surface area (Å²) in [5.41, 5.74) is 0.0489. The predicted molar refractivity (Wildman–Crippen MR) is 93.9 cm³/mol. The third kappa shape index (κ3) is 3.62. The SMILES string of the molecule is COCCCn1cnnc1C(C)NC(=O)c1cnc2ccccn2c1=O. The van der Waals surface area contributed by atoms with E-state index in [2.05, 4.69) is 20.5 Å². The molecule has 1 N–H and O–H groups in total. The van der Waals surface area contributed by atoms with Gasteiger partial charge in [0.1, 0.15) is 17.5 Å². The first-order valence-electron chi connectivity index (χ1n) is 8.25. The molecule has 3 aromatic heterocycles. The fourth-order valence-electron chi connectivity index (χ4n) is 2.67. The van der Waals surface area contributed by atoms with Crippen molar-refractivity contribution in [2.24, 2.45) is 0 Å². The molecular weight excluding hydrogens is 336 g/mol. The summed E-state index contributed by atoms with van der Waals surface area (Å²) in [6, 6.07) is 4.78. The van der Waals surface area contributed by atoms with E-state index < -0.39 is 17.5 Å². The standard InChI is InChI=1S/C17H20N6O3/c1-12(15-21-19-11-22(15)7-5-9-26-2)20-16(24)13-10-18-14-6-3-4-8-23(14)17(13)25/h3-4,6,8,10-12H,5,7,9H2,1-2H3,(H,20,24). The average Bonchev–Trinajstić information content (AvgIpc) is 3.11. The maximum absolute atomic E-state index is 12.5. The fraction of sp³-hybridized carbons (Fsp3) is 0.353. The van der Waals surface area contributed by atoms with E-state index in [0.29, 0.717) is 24.6 Å². The van der Waals surface area contributed by atoms with E-state index in [1.165, 1.54) is 10.6 Å². The number of nitrogens with one attached hydrogen (secondary N) is 1. The van der Waals surface area contributed by atoms with Crippen LogP contribution in [0.4, 0.5) is 0 Å². The van der Waals surface area contributed by atoms with Crippen LogP contribution in [0.3, 0.4) is 0 Å². The molecule has 0 spiro atoms. The molecule has 0 saturated heterocycles. The molecule has 3 aromatic rings. The highest BCUT2D eigenvalue weighted by Gasteiger charge is 2.19. The van der Waals surface area contributed by atoms with Gasteiger partial charge in [-0.1, -0.05) is 6.07 Å². The van der Waals surface area contributed by atoms with Crippen LogP contribution in [0, 0.1) is 0 Å². The van der Waals surface area contributed by atoms with Gasteiger partial charge in [-0.25, -0.2) is 4.98 Å². The highest BCUT2D eigenvalue weighted by Crippen LogP contribution is 2.10. The lowest BCUT2D eigenvalue weighted by Crippen LogP contribution is -2.34. The molecule has 0 fully saturated rings. The Bertz CT molecular complexity index is 964. The summed E-state index contributed by atoms with van der Waals surface area (Å²) < 4.78 is 8.24. The van der Waals surface area contributed by atoms with Crippen molar-refractivity contribution in [3.63, 3.8) is 0 Å². The second-order valence-corrected chi connectivity index (χ2v) is 5.83. The van der Waals surface area contributed by atoms with Gasteiger partial charge >= 0.3 is 0 Å². The maximum Gasteiger partial charge on any atom is 0.270 e. The van der Waals surface area contributed by atoms with E-state index in [-0.39, 0.29) is 5.56 Å². The molecule has 0 aliphatic rings. The summed E-state index contributed by atoms with van der Waals surface area (Å²) >= 11 is 0. The Hall–Kier alpha value is -3.07. The fourth-order valence-corrected chi connectivity index (χ4v) is 2.67. The van der Waals surface area contributed by atoms with Gasteiger partial charge in [-0.15, -0.1) is 10.2 Å². The molecule has 1 atom stereocenters. The van der Waals surface area contributed by atoms with Crippen molar-refractivity contribution in [2.75, 3.05) is 13.7 Å². The Balaban J connectivity index is 1.77. The number of pyridine rings is 1. The number of amides is 1. The van der Waals surface area contributed by atoms with E-state index >= 15 is 0 Å². The highest BCUT2D eigenvalue weighted by molar-refractivity contribution is 5.93. The molecule has 1 amide bonds. The molecule has 136 valence electrons. The van der Waals surface area contributed by atoms with Crippen molar-refractivity contribution in [1.82, 2.24) is 29.5 Å². The quantitative estimate of drug-likeness (QED) is 0.629. The summed E-state index contributed by atoms with van der Waals surface area (Å²) in [6.45, 7) is 3.09. The molecule has 0 radical (unpaired) electrons. The number of fused-ring (bicyclic) bond motifs is 1. The number of rotatable bonds is 7. The first-order valence-corrected chi connectivity index (χ1v) is 8.25. The summed E-state index contributed by atoms with van der Waals surface area (Å²) in [7, 11) is 1.64. The van der Waals surface area contributed by atoms with Crippen LogP contribution < -0.4 is 10.9 Å². The van der Waals surface area contributed by atoms with Crippen LogP contribution in [0.1, 0.15) is 35.6 Å². The molecule has 0 saturated carbocycles. The lowest BCUT2D eigenvalue weighted by molar-refractivity contribution is 0.0935. The molecule has 0 aromatic carbocycles. The first-order chi connectivity index (χ1) is 12.6. The zero-order valence-electron chi connectivity index (χ0n) is 14.6. The van der Waals surface area contributed by atoms with Gasteiger partial charge in [-0.05, 0) is 25.5 Å². The van der Waals surface area contributed by atoms with Crippen molar-refractivity contribution >= 4 is 11.6 Å². The minimum Gasteiger partial charge on any atom is -0.385 e. The van der Waals surface area contributed by atoms with Gasteiger partial charge in [0.2, 0.25) is 0 Å². The zero-order chi connectivity index (χ0) is 18.5. The Morgan fingerprint density at radius 3 is 3.04 bits per heavy atom. The summed E-state index contributed by atoms with van der Waals surface area (Å²) in [4.78, 5) is 29.2. The van der Waals surface area contributed by atoms with Crippen molar-refractivity contribution in [1.29, 1.82) is 0 Å². The summed E-state index contributed by atoms with van der Waals surface area (Å²) in [5, 5.41) is 10.8. The van der Waals surface area contributed by atoms with E-state index in [4.69, 9.17) is 4.74 Å². The third-order valence-electron chi connectivity index (χ3n) is 3.99. The average molecular weight is 356 g/mol. The second-order valence-electron chi connectivity index (χ2n) is 5.83. The molecule has 3 rings (SSSR count). The minimum absolute atomic E-state index is 0.0222. The number of aryl methyl sites for hydroxylation is 1. The number of ether oxygens (including phenoxy) is 1. The molecule has 1 unspecified atom stereocenters. The molecule has 0 aliphatic carbocycles. The van der Waals surface area contributed by atoms with Crippen LogP contribution in [0.2, 0.25) is 0 Å². The molecule has 3 heterocycles. The Labute approximate surface area is 149 Å². The zero-order valence-corrected chi connectivity index (χ0v) is 14.6. The molecule has 0 bridgehead atoms. The molecular formula is C17H20N6O3. The topological polar surface area (TPSA) is 103 Å². The van der Waals surface area contributed by atoms with Gasteiger partial charge in [-0.2, -0.15) is 0 Å². The van der Waals surface area contributed by atoms with Gasteiger partial charge in [0, 0.05) is 32.7 Å².